The Morgan fingerprint density at radius 3 is 2.57 bits per heavy atom. The van der Waals surface area contributed by atoms with Gasteiger partial charge in [0.1, 0.15) is 0 Å². The van der Waals surface area contributed by atoms with Crippen LogP contribution in [0.25, 0.3) is 22.2 Å². The van der Waals surface area contributed by atoms with Crippen molar-refractivity contribution < 1.29 is 9.53 Å². The van der Waals surface area contributed by atoms with Crippen molar-refractivity contribution in [1.29, 1.82) is 0 Å². The highest BCUT2D eigenvalue weighted by atomic mass is 16.5. The average Bonchev–Trinajstić information content (AvgIpc) is 3.10. The number of aromatic nitrogens is 2. The Kier molecular flexibility index (Phi) is 10.3. The molecule has 0 bridgehead atoms. The summed E-state index contributed by atoms with van der Waals surface area (Å²) in [4.78, 5) is 25.3. The predicted molar refractivity (Wildman–Crippen MR) is 192 cm³/mol. The molecule has 0 unspecified atom stereocenters. The SMILES string of the molecule is C=C/C=C(\C=C/C)COCCN1CCc2c(cccc2NC(=O)c2ccc(Nc3nc(-c4ccccc4)c4ccccc4n3)cc2)C1. The Bertz CT molecular complexity index is 1920. The summed E-state index contributed by atoms with van der Waals surface area (Å²) < 4.78 is 5.92. The molecule has 4 aromatic carbocycles. The van der Waals surface area contributed by atoms with E-state index >= 15 is 0 Å². The third-order valence-electron chi connectivity index (χ3n) is 8.18. The second kappa shape index (κ2) is 15.3. The third-order valence-corrected chi connectivity index (χ3v) is 8.18. The maximum Gasteiger partial charge on any atom is 0.255 e. The molecule has 0 radical (unpaired) electrons. The number of para-hydroxylation sites is 1. The number of nitrogens with one attached hydrogen (secondary N) is 2. The normalized spacial score (nSPS) is 13.4. The molecule has 0 aliphatic carbocycles. The zero-order chi connectivity index (χ0) is 32.4. The van der Waals surface area contributed by atoms with Gasteiger partial charge in [0.05, 0.1) is 24.4 Å². The molecule has 2 heterocycles. The number of amides is 1. The summed E-state index contributed by atoms with van der Waals surface area (Å²) in [6, 6.07) is 31.6. The minimum absolute atomic E-state index is 0.140. The number of hydrogen-bond donors (Lipinski definition) is 2. The molecule has 6 rings (SSSR count). The van der Waals surface area contributed by atoms with Crippen LogP contribution in [0.1, 0.15) is 28.4 Å². The van der Waals surface area contributed by atoms with Crippen molar-refractivity contribution in [2.45, 2.75) is 19.9 Å². The maximum atomic E-state index is 13.3. The van der Waals surface area contributed by atoms with Gasteiger partial charge in [0.15, 0.2) is 0 Å². The Morgan fingerprint density at radius 1 is 0.957 bits per heavy atom. The van der Waals surface area contributed by atoms with E-state index in [1.165, 1.54) is 11.1 Å². The Labute approximate surface area is 276 Å². The minimum Gasteiger partial charge on any atom is -0.375 e. The molecule has 0 spiro atoms. The topological polar surface area (TPSA) is 79.4 Å². The number of benzene rings is 4. The van der Waals surface area contributed by atoms with E-state index in [4.69, 9.17) is 14.7 Å². The molecule has 236 valence electrons. The molecular formula is C40H39N5O2. The summed E-state index contributed by atoms with van der Waals surface area (Å²) in [5, 5.41) is 7.47. The lowest BCUT2D eigenvalue weighted by Gasteiger charge is -2.30. The molecule has 0 saturated heterocycles. The van der Waals surface area contributed by atoms with E-state index in [1.807, 2.05) is 116 Å². The fourth-order valence-corrected chi connectivity index (χ4v) is 5.85. The summed E-state index contributed by atoms with van der Waals surface area (Å²) in [5.74, 6) is 0.359. The third kappa shape index (κ3) is 7.90. The first-order valence-corrected chi connectivity index (χ1v) is 16.0. The molecule has 1 amide bonds. The van der Waals surface area contributed by atoms with Crippen LogP contribution in [-0.4, -0.2) is 47.1 Å². The van der Waals surface area contributed by atoms with Crippen molar-refractivity contribution in [3.8, 4) is 11.3 Å². The fraction of sp³-hybridized carbons (Fsp3) is 0.175. The van der Waals surface area contributed by atoms with Crippen LogP contribution in [0, 0.1) is 0 Å². The van der Waals surface area contributed by atoms with Gasteiger partial charge >= 0.3 is 0 Å². The van der Waals surface area contributed by atoms with E-state index in [0.29, 0.717) is 24.7 Å². The van der Waals surface area contributed by atoms with Gasteiger partial charge in [-0.3, -0.25) is 9.69 Å². The van der Waals surface area contributed by atoms with Crippen LogP contribution in [0.4, 0.5) is 17.3 Å². The Hall–Kier alpha value is -5.37. The van der Waals surface area contributed by atoms with Gasteiger partial charge in [-0.25, -0.2) is 9.97 Å². The first kappa shape index (κ1) is 31.6. The highest BCUT2D eigenvalue weighted by molar-refractivity contribution is 6.05. The average molecular weight is 622 g/mol. The van der Waals surface area contributed by atoms with Crippen molar-refractivity contribution in [3.63, 3.8) is 0 Å². The highest BCUT2D eigenvalue weighted by Crippen LogP contribution is 2.29. The predicted octanol–water partition coefficient (Wildman–Crippen LogP) is 8.36. The monoisotopic (exact) mass is 621 g/mol. The maximum absolute atomic E-state index is 13.3. The molecule has 7 heteroatoms. The van der Waals surface area contributed by atoms with E-state index in [2.05, 4.69) is 28.2 Å². The second-order valence-electron chi connectivity index (χ2n) is 11.4. The number of hydrogen-bond acceptors (Lipinski definition) is 6. The summed E-state index contributed by atoms with van der Waals surface area (Å²) in [7, 11) is 0. The fourth-order valence-electron chi connectivity index (χ4n) is 5.85. The number of nitrogens with zero attached hydrogens (tertiary/aromatic N) is 3. The van der Waals surface area contributed by atoms with Gasteiger partial charge in [0.2, 0.25) is 5.95 Å². The number of allylic oxidation sites excluding steroid dienone is 3. The number of rotatable bonds is 12. The smallest absolute Gasteiger partial charge is 0.255 e. The molecule has 0 saturated carbocycles. The molecule has 47 heavy (non-hydrogen) atoms. The molecule has 0 fully saturated rings. The number of ether oxygens (including phenoxy) is 1. The molecule has 0 atom stereocenters. The van der Waals surface area contributed by atoms with Gasteiger partial charge < -0.3 is 15.4 Å². The summed E-state index contributed by atoms with van der Waals surface area (Å²) in [6.07, 6.45) is 8.68. The number of fused-ring (bicyclic) bond motifs is 2. The van der Waals surface area contributed by atoms with Crippen molar-refractivity contribution in [1.82, 2.24) is 14.9 Å². The Morgan fingerprint density at radius 2 is 1.77 bits per heavy atom. The van der Waals surface area contributed by atoms with Crippen LogP contribution in [-0.2, 0) is 17.7 Å². The van der Waals surface area contributed by atoms with Gasteiger partial charge in [0, 0.05) is 47.5 Å². The van der Waals surface area contributed by atoms with Gasteiger partial charge in [-0.1, -0.05) is 91.5 Å². The van der Waals surface area contributed by atoms with Gasteiger partial charge in [-0.05, 0) is 66.4 Å². The number of carbonyl (C=O) groups excluding carboxylic acids is 1. The van der Waals surface area contributed by atoms with Gasteiger partial charge in [-0.2, -0.15) is 0 Å². The van der Waals surface area contributed by atoms with Crippen molar-refractivity contribution in [2.75, 3.05) is 36.9 Å². The van der Waals surface area contributed by atoms with E-state index in [9.17, 15) is 4.79 Å². The van der Waals surface area contributed by atoms with Crippen molar-refractivity contribution in [3.05, 3.63) is 150 Å². The first-order chi connectivity index (χ1) is 23.1. The first-order valence-electron chi connectivity index (χ1n) is 16.0. The van der Waals surface area contributed by atoms with E-state index in [-0.39, 0.29) is 5.91 Å². The summed E-state index contributed by atoms with van der Waals surface area (Å²) in [5.41, 5.74) is 8.54. The summed E-state index contributed by atoms with van der Waals surface area (Å²) in [6.45, 7) is 9.60. The van der Waals surface area contributed by atoms with E-state index < -0.39 is 0 Å². The largest absolute Gasteiger partial charge is 0.375 e. The van der Waals surface area contributed by atoms with Crippen LogP contribution >= 0.6 is 0 Å². The lowest BCUT2D eigenvalue weighted by Crippen LogP contribution is -2.34. The van der Waals surface area contributed by atoms with Crippen LogP contribution in [0.5, 0.6) is 0 Å². The Balaban J connectivity index is 1.08. The van der Waals surface area contributed by atoms with E-state index in [0.717, 1.165) is 65.2 Å². The second-order valence-corrected chi connectivity index (χ2v) is 11.4. The van der Waals surface area contributed by atoms with Crippen molar-refractivity contribution in [2.24, 2.45) is 0 Å². The highest BCUT2D eigenvalue weighted by Gasteiger charge is 2.20. The van der Waals surface area contributed by atoms with Crippen LogP contribution < -0.4 is 10.6 Å². The van der Waals surface area contributed by atoms with Crippen LogP contribution in [0.15, 0.2) is 134 Å². The van der Waals surface area contributed by atoms with Crippen molar-refractivity contribution >= 4 is 34.1 Å². The summed E-state index contributed by atoms with van der Waals surface area (Å²) >= 11 is 0. The zero-order valence-corrected chi connectivity index (χ0v) is 26.7. The number of anilines is 3. The lowest BCUT2D eigenvalue weighted by molar-refractivity contribution is 0.102. The minimum atomic E-state index is -0.140. The van der Waals surface area contributed by atoms with Gasteiger partial charge in [0.25, 0.3) is 5.91 Å². The number of carbonyl (C=O) groups is 1. The van der Waals surface area contributed by atoms with Crippen LogP contribution in [0.3, 0.4) is 0 Å². The van der Waals surface area contributed by atoms with E-state index in [1.54, 1.807) is 6.08 Å². The molecular weight excluding hydrogens is 582 g/mol. The molecule has 1 aliphatic rings. The molecule has 1 aromatic heterocycles. The van der Waals surface area contributed by atoms with Gasteiger partial charge in [-0.15, -0.1) is 0 Å². The quantitative estimate of drug-likeness (QED) is 0.108. The van der Waals surface area contributed by atoms with Crippen LogP contribution in [0.2, 0.25) is 0 Å². The zero-order valence-electron chi connectivity index (χ0n) is 26.7. The molecule has 7 nitrogen and oxygen atoms in total. The molecule has 2 N–H and O–H groups in total. The molecule has 1 aliphatic heterocycles. The lowest BCUT2D eigenvalue weighted by atomic mass is 9.97. The standard InChI is InChI=1S/C40H39N5O2/c1-3-11-29(12-4-2)28-47-26-25-45-24-23-34-32(27-45)15-10-18-36(34)42-39(46)31-19-21-33(22-20-31)41-40-43-37-17-9-8-16-35(37)38(44-40)30-13-6-5-7-14-30/h3-22H,1,23-28H2,2H3,(H,42,46)(H,41,43,44)/b12-4-,29-11+. The molecule has 5 aromatic rings.